The Balaban J connectivity index is 1.85. The minimum atomic E-state index is -0.667. The molecule has 2 heterocycles. The van der Waals surface area contributed by atoms with Gasteiger partial charge in [0.2, 0.25) is 0 Å². The number of rotatable bonds is 1. The van der Waals surface area contributed by atoms with Gasteiger partial charge in [-0.05, 0) is 41.0 Å². The van der Waals surface area contributed by atoms with Crippen molar-refractivity contribution in [2.24, 2.45) is 23.7 Å². The maximum atomic E-state index is 12.0. The molecular weight excluding hydrogens is 359 g/mol. The molecule has 0 radical (unpaired) electrons. The molecule has 0 aromatic carbocycles. The minimum absolute atomic E-state index is 0.0267. The van der Waals surface area contributed by atoms with Crippen molar-refractivity contribution in [2.75, 3.05) is 13.2 Å². The lowest BCUT2D eigenvalue weighted by atomic mass is 9.74. The van der Waals surface area contributed by atoms with Crippen LogP contribution in [0.1, 0.15) is 6.42 Å². The molecule has 0 amide bonds. The molecule has 1 spiro atoms. The van der Waals surface area contributed by atoms with E-state index in [-0.39, 0.29) is 35.7 Å². The number of hydrogen-bond donors (Lipinski definition) is 0. The molecule has 3 fully saturated rings. The van der Waals surface area contributed by atoms with Crippen molar-refractivity contribution in [3.05, 3.63) is 22.3 Å². The average molecular weight is 374 g/mol. The van der Waals surface area contributed by atoms with Crippen molar-refractivity contribution in [3.8, 4) is 0 Å². The molecule has 4 aliphatic rings. The fourth-order valence-electron chi connectivity index (χ4n) is 4.22. The summed E-state index contributed by atoms with van der Waals surface area (Å²) in [5.74, 6) is -0.190. The quantitative estimate of drug-likeness (QED) is 0.400. The Bertz CT molecular complexity index is 480. The van der Waals surface area contributed by atoms with Gasteiger partial charge in [-0.2, -0.15) is 0 Å². The summed E-state index contributed by atoms with van der Waals surface area (Å²) in [5.41, 5.74) is 0. The highest BCUT2D eigenvalue weighted by atomic mass is 127. The molecule has 5 atom stereocenters. The van der Waals surface area contributed by atoms with Crippen LogP contribution in [0.15, 0.2) is 22.3 Å². The number of esters is 1. The van der Waals surface area contributed by atoms with E-state index in [1.807, 2.05) is 12.2 Å². The topological polar surface area (TPSA) is 44.8 Å². The summed E-state index contributed by atoms with van der Waals surface area (Å²) in [5, 5.41) is 0. The Morgan fingerprint density at radius 2 is 2.16 bits per heavy atom. The standard InChI is InChI=1S/C14H15IO4/c1-2-7-5-8-10-11(7)14(17-3-4-18-14)6-9(15)12(10)19-13(8)16/h2,6-8,10-12H,1,3-5H2/t7?,8?,10-,11+,12+/m0/s1. The Hall–Kier alpha value is -0.400. The van der Waals surface area contributed by atoms with E-state index in [9.17, 15) is 4.79 Å². The predicted molar refractivity (Wildman–Crippen MR) is 75.4 cm³/mol. The van der Waals surface area contributed by atoms with Crippen LogP contribution in [0.2, 0.25) is 0 Å². The number of allylic oxidation sites excluding steroid dienone is 1. The zero-order valence-corrected chi connectivity index (χ0v) is 12.5. The van der Waals surface area contributed by atoms with E-state index in [2.05, 4.69) is 29.2 Å². The Morgan fingerprint density at radius 3 is 2.84 bits per heavy atom. The van der Waals surface area contributed by atoms with Gasteiger partial charge >= 0.3 is 5.97 Å². The second-order valence-electron chi connectivity index (χ2n) is 5.65. The lowest BCUT2D eigenvalue weighted by Gasteiger charge is -2.41. The molecule has 0 bridgehead atoms. The average Bonchev–Trinajstić information content (AvgIpc) is 3.04. The SMILES string of the molecule is C=CC1CC2C(=O)O[C@@H]3C(I)=CC4(OCCO4)[C@H]1[C@H]23. The van der Waals surface area contributed by atoms with E-state index in [1.165, 1.54) is 0 Å². The first-order valence-corrected chi connectivity index (χ1v) is 7.73. The van der Waals surface area contributed by atoms with E-state index in [0.717, 1.165) is 10.0 Å². The van der Waals surface area contributed by atoms with Crippen LogP contribution in [0, 0.1) is 23.7 Å². The van der Waals surface area contributed by atoms with Gasteiger partial charge in [0.15, 0.2) is 5.79 Å². The van der Waals surface area contributed by atoms with Crippen molar-refractivity contribution in [3.63, 3.8) is 0 Å². The largest absolute Gasteiger partial charge is 0.456 e. The molecule has 0 aromatic heterocycles. The maximum absolute atomic E-state index is 12.0. The molecule has 2 unspecified atom stereocenters. The Labute approximate surface area is 125 Å². The van der Waals surface area contributed by atoms with Gasteiger partial charge in [0, 0.05) is 15.4 Å². The van der Waals surface area contributed by atoms with Gasteiger partial charge in [-0.1, -0.05) is 6.08 Å². The number of carbonyl (C=O) groups is 1. The van der Waals surface area contributed by atoms with Crippen molar-refractivity contribution < 1.29 is 19.0 Å². The van der Waals surface area contributed by atoms with Crippen LogP contribution in [0.4, 0.5) is 0 Å². The number of carbonyl (C=O) groups excluding carboxylic acids is 1. The number of fused-ring (bicyclic) bond motifs is 1. The van der Waals surface area contributed by atoms with Gasteiger partial charge in [0.1, 0.15) is 6.10 Å². The molecule has 102 valence electrons. The zero-order chi connectivity index (χ0) is 13.2. The van der Waals surface area contributed by atoms with Crippen LogP contribution in [0.5, 0.6) is 0 Å². The Kier molecular flexibility index (Phi) is 2.63. The first-order valence-electron chi connectivity index (χ1n) is 6.65. The number of hydrogen-bond acceptors (Lipinski definition) is 4. The van der Waals surface area contributed by atoms with Crippen LogP contribution in [0.25, 0.3) is 0 Å². The third-order valence-corrected chi connectivity index (χ3v) is 5.80. The number of ether oxygens (including phenoxy) is 3. The third kappa shape index (κ3) is 1.49. The van der Waals surface area contributed by atoms with E-state index in [4.69, 9.17) is 14.2 Å². The number of halogens is 1. The molecule has 2 aliphatic heterocycles. The molecule has 4 nitrogen and oxygen atoms in total. The van der Waals surface area contributed by atoms with E-state index < -0.39 is 5.79 Å². The zero-order valence-electron chi connectivity index (χ0n) is 10.4. The highest BCUT2D eigenvalue weighted by Gasteiger charge is 2.65. The molecule has 5 heteroatoms. The van der Waals surface area contributed by atoms with Gasteiger partial charge in [0.05, 0.1) is 19.1 Å². The molecular formula is C14H15IO4. The predicted octanol–water partition coefficient (Wildman–Crippen LogP) is 2.04. The first kappa shape index (κ1) is 12.3. The van der Waals surface area contributed by atoms with Crippen LogP contribution in [-0.2, 0) is 19.0 Å². The normalized spacial score (nSPS) is 46.1. The summed E-state index contributed by atoms with van der Waals surface area (Å²) in [4.78, 5) is 12.0. The first-order chi connectivity index (χ1) is 9.16. The summed E-state index contributed by atoms with van der Waals surface area (Å²) >= 11 is 2.25. The van der Waals surface area contributed by atoms with Crippen LogP contribution in [0.3, 0.4) is 0 Å². The summed E-state index contributed by atoms with van der Waals surface area (Å²) in [7, 11) is 0. The fourth-order valence-corrected chi connectivity index (χ4v) is 5.19. The van der Waals surface area contributed by atoms with Crippen LogP contribution < -0.4 is 0 Å². The summed E-state index contributed by atoms with van der Waals surface area (Å²) in [6, 6.07) is 0. The van der Waals surface area contributed by atoms with Crippen molar-refractivity contribution in [1.29, 1.82) is 0 Å². The summed E-state index contributed by atoms with van der Waals surface area (Å²) < 4.78 is 18.5. The molecule has 1 saturated carbocycles. The fraction of sp³-hybridized carbons (Fsp3) is 0.643. The maximum Gasteiger partial charge on any atom is 0.310 e. The molecule has 0 N–H and O–H groups in total. The molecule has 4 rings (SSSR count). The Morgan fingerprint density at radius 1 is 1.42 bits per heavy atom. The third-order valence-electron chi connectivity index (χ3n) is 4.88. The van der Waals surface area contributed by atoms with Gasteiger partial charge in [0.25, 0.3) is 0 Å². The smallest absolute Gasteiger partial charge is 0.310 e. The van der Waals surface area contributed by atoms with E-state index in [1.54, 1.807) is 0 Å². The minimum Gasteiger partial charge on any atom is -0.456 e. The van der Waals surface area contributed by atoms with Crippen molar-refractivity contribution in [1.82, 2.24) is 0 Å². The van der Waals surface area contributed by atoms with Crippen molar-refractivity contribution in [2.45, 2.75) is 18.3 Å². The van der Waals surface area contributed by atoms with Crippen LogP contribution in [-0.4, -0.2) is 31.1 Å². The lowest BCUT2D eigenvalue weighted by Crippen LogP contribution is -2.48. The molecule has 2 saturated heterocycles. The second kappa shape index (κ2) is 4.05. The second-order valence-corrected chi connectivity index (χ2v) is 6.90. The molecule has 2 aliphatic carbocycles. The van der Waals surface area contributed by atoms with Gasteiger partial charge in [-0.25, -0.2) is 0 Å². The lowest BCUT2D eigenvalue weighted by molar-refractivity contribution is -0.183. The van der Waals surface area contributed by atoms with Crippen LogP contribution >= 0.6 is 22.6 Å². The van der Waals surface area contributed by atoms with E-state index in [0.29, 0.717) is 13.2 Å². The summed E-state index contributed by atoms with van der Waals surface area (Å²) in [6.45, 7) is 5.15. The molecule has 19 heavy (non-hydrogen) atoms. The highest BCUT2D eigenvalue weighted by Crippen LogP contribution is 2.60. The van der Waals surface area contributed by atoms with E-state index >= 15 is 0 Å². The van der Waals surface area contributed by atoms with Gasteiger partial charge < -0.3 is 14.2 Å². The van der Waals surface area contributed by atoms with Gasteiger partial charge in [-0.3, -0.25) is 4.79 Å². The monoisotopic (exact) mass is 374 g/mol. The van der Waals surface area contributed by atoms with Crippen molar-refractivity contribution >= 4 is 28.6 Å². The highest BCUT2D eigenvalue weighted by molar-refractivity contribution is 14.1. The molecule has 0 aromatic rings. The van der Waals surface area contributed by atoms with Gasteiger partial charge in [-0.15, -0.1) is 6.58 Å². The summed E-state index contributed by atoms with van der Waals surface area (Å²) in [6.07, 6.45) is 4.67.